The minimum atomic E-state index is -0.422. The molecule has 0 radical (unpaired) electrons. The fraction of sp³-hybridized carbons (Fsp3) is 0.0667. The number of primary amides is 1. The van der Waals surface area contributed by atoms with Crippen LogP contribution in [0.3, 0.4) is 0 Å². The molecule has 0 spiro atoms. The molecule has 0 aliphatic heterocycles. The lowest BCUT2D eigenvalue weighted by atomic mass is 10.2. The molecular weight excluding hydrogens is 238 g/mol. The van der Waals surface area contributed by atoms with Crippen molar-refractivity contribution < 1.29 is 4.79 Å². The van der Waals surface area contributed by atoms with Gasteiger partial charge in [-0.25, -0.2) is 4.98 Å². The van der Waals surface area contributed by atoms with E-state index >= 15 is 0 Å². The van der Waals surface area contributed by atoms with Crippen molar-refractivity contribution in [3.05, 3.63) is 66.0 Å². The summed E-state index contributed by atoms with van der Waals surface area (Å²) < 4.78 is 2.01. The third kappa shape index (κ3) is 2.20. The van der Waals surface area contributed by atoms with Gasteiger partial charge in [0.25, 0.3) is 0 Å². The largest absolute Gasteiger partial charge is 0.366 e. The molecule has 0 saturated carbocycles. The summed E-state index contributed by atoms with van der Waals surface area (Å²) in [5.74, 6) is -0.422. The van der Waals surface area contributed by atoms with Gasteiger partial charge in [0.1, 0.15) is 0 Å². The number of fused-ring (bicyclic) bond motifs is 1. The van der Waals surface area contributed by atoms with E-state index in [9.17, 15) is 4.79 Å². The maximum absolute atomic E-state index is 11.2. The molecule has 0 aliphatic rings. The molecule has 0 unspecified atom stereocenters. The lowest BCUT2D eigenvalue weighted by Gasteiger charge is -2.05. The molecule has 0 aliphatic carbocycles. The number of hydrogen-bond donors (Lipinski definition) is 1. The molecule has 4 nitrogen and oxygen atoms in total. The maximum Gasteiger partial charge on any atom is 0.248 e. The van der Waals surface area contributed by atoms with Crippen LogP contribution < -0.4 is 5.73 Å². The van der Waals surface area contributed by atoms with Crippen LogP contribution >= 0.6 is 0 Å². The van der Waals surface area contributed by atoms with Crippen LogP contribution in [0.4, 0.5) is 0 Å². The zero-order valence-electron chi connectivity index (χ0n) is 10.3. The summed E-state index contributed by atoms with van der Waals surface area (Å²) in [6.07, 6.45) is 1.78. The molecule has 0 saturated heterocycles. The van der Waals surface area contributed by atoms with E-state index in [1.807, 2.05) is 28.8 Å². The first-order valence-electron chi connectivity index (χ1n) is 6.02. The normalized spacial score (nSPS) is 10.7. The van der Waals surface area contributed by atoms with Gasteiger partial charge in [-0.05, 0) is 23.8 Å². The Labute approximate surface area is 110 Å². The van der Waals surface area contributed by atoms with Crippen molar-refractivity contribution >= 4 is 16.9 Å². The van der Waals surface area contributed by atoms with Gasteiger partial charge in [0.15, 0.2) is 0 Å². The smallest absolute Gasteiger partial charge is 0.248 e. The lowest BCUT2D eigenvalue weighted by molar-refractivity contribution is 0.100. The highest BCUT2D eigenvalue weighted by molar-refractivity contribution is 5.96. The number of hydrogen-bond acceptors (Lipinski definition) is 2. The van der Waals surface area contributed by atoms with Crippen LogP contribution in [0.2, 0.25) is 0 Å². The van der Waals surface area contributed by atoms with Crippen molar-refractivity contribution in [2.24, 2.45) is 5.73 Å². The molecule has 2 aromatic carbocycles. The van der Waals surface area contributed by atoms with E-state index in [-0.39, 0.29) is 0 Å². The molecule has 3 rings (SSSR count). The quantitative estimate of drug-likeness (QED) is 0.775. The van der Waals surface area contributed by atoms with E-state index in [0.29, 0.717) is 5.56 Å². The fourth-order valence-electron chi connectivity index (χ4n) is 2.12. The number of imidazole rings is 1. The monoisotopic (exact) mass is 251 g/mol. The minimum absolute atomic E-state index is 0.422. The SMILES string of the molecule is NC(=O)c1ccc2ncn(Cc3ccccc3)c2c1. The Hall–Kier alpha value is -2.62. The fourth-order valence-corrected chi connectivity index (χ4v) is 2.12. The highest BCUT2D eigenvalue weighted by Gasteiger charge is 2.07. The third-order valence-electron chi connectivity index (χ3n) is 3.10. The Kier molecular flexibility index (Phi) is 2.76. The van der Waals surface area contributed by atoms with Gasteiger partial charge >= 0.3 is 0 Å². The number of benzene rings is 2. The van der Waals surface area contributed by atoms with Crippen LogP contribution in [0.5, 0.6) is 0 Å². The molecule has 1 aromatic heterocycles. The van der Waals surface area contributed by atoms with E-state index in [1.165, 1.54) is 5.56 Å². The Balaban J connectivity index is 2.04. The summed E-state index contributed by atoms with van der Waals surface area (Å²) in [6.45, 7) is 0.722. The molecule has 1 heterocycles. The van der Waals surface area contributed by atoms with E-state index < -0.39 is 5.91 Å². The molecule has 0 atom stereocenters. The van der Waals surface area contributed by atoms with Gasteiger partial charge in [-0.2, -0.15) is 0 Å². The van der Waals surface area contributed by atoms with Crippen LogP contribution in [-0.4, -0.2) is 15.5 Å². The van der Waals surface area contributed by atoms with Crippen molar-refractivity contribution in [2.75, 3.05) is 0 Å². The number of nitrogens with zero attached hydrogens (tertiary/aromatic N) is 2. The van der Waals surface area contributed by atoms with Crippen molar-refractivity contribution in [3.63, 3.8) is 0 Å². The number of aromatic nitrogens is 2. The summed E-state index contributed by atoms with van der Waals surface area (Å²) in [7, 11) is 0. The maximum atomic E-state index is 11.2. The highest BCUT2D eigenvalue weighted by Crippen LogP contribution is 2.16. The van der Waals surface area contributed by atoms with E-state index in [4.69, 9.17) is 5.73 Å². The summed E-state index contributed by atoms with van der Waals surface area (Å²) in [5.41, 5.74) is 8.77. The molecule has 19 heavy (non-hydrogen) atoms. The summed E-state index contributed by atoms with van der Waals surface area (Å²) in [5, 5.41) is 0. The molecule has 2 N–H and O–H groups in total. The van der Waals surface area contributed by atoms with Gasteiger partial charge in [-0.3, -0.25) is 4.79 Å². The average Bonchev–Trinajstić information content (AvgIpc) is 2.82. The Bertz CT molecular complexity index is 731. The second-order valence-corrected chi connectivity index (χ2v) is 4.43. The predicted octanol–water partition coefficient (Wildman–Crippen LogP) is 2.18. The van der Waals surface area contributed by atoms with Gasteiger partial charge in [0.2, 0.25) is 5.91 Å². The molecule has 3 aromatic rings. The predicted molar refractivity (Wildman–Crippen MR) is 73.8 cm³/mol. The van der Waals surface area contributed by atoms with Crippen molar-refractivity contribution in [3.8, 4) is 0 Å². The van der Waals surface area contributed by atoms with Crippen LogP contribution in [0.15, 0.2) is 54.9 Å². The Morgan fingerprint density at radius 1 is 1.16 bits per heavy atom. The number of rotatable bonds is 3. The summed E-state index contributed by atoms with van der Waals surface area (Å²) in [6, 6.07) is 15.4. The van der Waals surface area contributed by atoms with Gasteiger partial charge in [-0.15, -0.1) is 0 Å². The van der Waals surface area contributed by atoms with Gasteiger partial charge in [-0.1, -0.05) is 30.3 Å². The van der Waals surface area contributed by atoms with Gasteiger partial charge in [0.05, 0.1) is 17.4 Å². The standard InChI is InChI=1S/C15H13N3O/c16-15(19)12-6-7-13-14(8-12)18(10-17-13)9-11-4-2-1-3-5-11/h1-8,10H,9H2,(H2,16,19). The van der Waals surface area contributed by atoms with Gasteiger partial charge < -0.3 is 10.3 Å². The first-order valence-corrected chi connectivity index (χ1v) is 6.02. The minimum Gasteiger partial charge on any atom is -0.366 e. The first-order chi connectivity index (χ1) is 9.24. The van der Waals surface area contributed by atoms with E-state index in [0.717, 1.165) is 17.6 Å². The lowest BCUT2D eigenvalue weighted by Crippen LogP contribution is -2.10. The average molecular weight is 251 g/mol. The topological polar surface area (TPSA) is 60.9 Å². The van der Waals surface area contributed by atoms with E-state index in [1.54, 1.807) is 18.5 Å². The molecule has 4 heteroatoms. The molecule has 0 fully saturated rings. The second-order valence-electron chi connectivity index (χ2n) is 4.43. The van der Waals surface area contributed by atoms with Crippen molar-refractivity contribution in [1.82, 2.24) is 9.55 Å². The van der Waals surface area contributed by atoms with Crippen LogP contribution in [-0.2, 0) is 6.54 Å². The van der Waals surface area contributed by atoms with Crippen LogP contribution in [0, 0.1) is 0 Å². The zero-order valence-corrected chi connectivity index (χ0v) is 10.3. The number of nitrogens with two attached hydrogens (primary N) is 1. The van der Waals surface area contributed by atoms with Crippen LogP contribution in [0.1, 0.15) is 15.9 Å². The number of carbonyl (C=O) groups is 1. The van der Waals surface area contributed by atoms with Crippen molar-refractivity contribution in [2.45, 2.75) is 6.54 Å². The number of amides is 1. The molecule has 1 amide bonds. The zero-order chi connectivity index (χ0) is 13.2. The second kappa shape index (κ2) is 4.57. The van der Waals surface area contributed by atoms with E-state index in [2.05, 4.69) is 17.1 Å². The first kappa shape index (κ1) is 11.5. The third-order valence-corrected chi connectivity index (χ3v) is 3.10. The Morgan fingerprint density at radius 3 is 2.68 bits per heavy atom. The summed E-state index contributed by atoms with van der Waals surface area (Å²) in [4.78, 5) is 15.6. The molecule has 0 bridgehead atoms. The molecule has 94 valence electrons. The number of carbonyl (C=O) groups excluding carboxylic acids is 1. The molecular formula is C15H13N3O. The van der Waals surface area contributed by atoms with Crippen LogP contribution in [0.25, 0.3) is 11.0 Å². The van der Waals surface area contributed by atoms with Gasteiger partial charge in [0, 0.05) is 12.1 Å². The van der Waals surface area contributed by atoms with Crippen molar-refractivity contribution in [1.29, 1.82) is 0 Å². The Morgan fingerprint density at radius 2 is 1.95 bits per heavy atom. The summed E-state index contributed by atoms with van der Waals surface area (Å²) >= 11 is 0. The highest BCUT2D eigenvalue weighted by atomic mass is 16.1.